The van der Waals surface area contributed by atoms with Crippen molar-refractivity contribution in [1.82, 2.24) is 10.2 Å². The molecule has 3 aromatic rings. The molecular weight excluding hydrogens is 214 g/mol. The summed E-state index contributed by atoms with van der Waals surface area (Å²) in [6.45, 7) is 0. The molecule has 0 aliphatic heterocycles. The number of hydrogen-bond acceptors (Lipinski definition) is 3. The number of benzene rings is 2. The minimum absolute atomic E-state index is 0.264. The molecule has 82 valence electrons. The van der Waals surface area contributed by atoms with Crippen LogP contribution in [0, 0.1) is 0 Å². The highest BCUT2D eigenvalue weighted by molar-refractivity contribution is 5.81. The number of hydrogen-bond donors (Lipinski definition) is 0. The van der Waals surface area contributed by atoms with Gasteiger partial charge in [0.05, 0.1) is 10.7 Å². The lowest BCUT2D eigenvalue weighted by Crippen LogP contribution is -2.40. The van der Waals surface area contributed by atoms with Gasteiger partial charge in [0.1, 0.15) is 5.52 Å². The highest BCUT2D eigenvalue weighted by Gasteiger charge is 2.11. The number of fused-ring (bicyclic) bond motifs is 1. The Morgan fingerprint density at radius 2 is 1.53 bits per heavy atom. The second-order valence-electron chi connectivity index (χ2n) is 3.65. The smallest absolute Gasteiger partial charge is 0.268 e. The van der Waals surface area contributed by atoms with Crippen LogP contribution in [0.1, 0.15) is 0 Å². The third-order valence-electron chi connectivity index (χ3n) is 2.51. The third-order valence-corrected chi connectivity index (χ3v) is 2.51. The number of aromatic nitrogens is 3. The normalized spacial score (nSPS) is 10.6. The molecule has 1 aromatic heterocycles. The molecule has 0 atom stereocenters. The molecular formula is C13H9N3O. The molecule has 0 N–H and O–H groups in total. The minimum Gasteiger partial charge on any atom is -0.854 e. The monoisotopic (exact) mass is 223 g/mol. The Balaban J connectivity index is 2.26. The molecule has 2 aromatic carbocycles. The van der Waals surface area contributed by atoms with Crippen LogP contribution in [0.15, 0.2) is 54.6 Å². The molecule has 0 unspecified atom stereocenters. The maximum Gasteiger partial charge on any atom is 0.268 e. The summed E-state index contributed by atoms with van der Waals surface area (Å²) < 4.78 is 0. The first kappa shape index (κ1) is 9.72. The van der Waals surface area contributed by atoms with Gasteiger partial charge < -0.3 is 5.11 Å². The summed E-state index contributed by atoms with van der Waals surface area (Å²) in [5.74, 6) is -0.264. The SMILES string of the molecule is [O-]c1n[n+](-c2ccccc2)nc2ccccc12. The molecule has 0 saturated carbocycles. The maximum absolute atomic E-state index is 11.8. The van der Waals surface area contributed by atoms with E-state index in [4.69, 9.17) is 0 Å². The molecule has 3 rings (SSSR count). The lowest BCUT2D eigenvalue weighted by atomic mass is 10.2. The first-order chi connectivity index (χ1) is 8.34. The molecule has 17 heavy (non-hydrogen) atoms. The molecule has 0 aliphatic rings. The van der Waals surface area contributed by atoms with Crippen LogP contribution in [0.2, 0.25) is 0 Å². The van der Waals surface area contributed by atoms with Crippen LogP contribution in [-0.4, -0.2) is 10.2 Å². The fourth-order valence-corrected chi connectivity index (χ4v) is 1.68. The summed E-state index contributed by atoms with van der Waals surface area (Å²) in [4.78, 5) is 1.37. The fraction of sp³-hybridized carbons (Fsp3) is 0. The molecule has 4 nitrogen and oxygen atoms in total. The first-order valence-corrected chi connectivity index (χ1v) is 5.26. The molecule has 0 radical (unpaired) electrons. The summed E-state index contributed by atoms with van der Waals surface area (Å²) in [7, 11) is 0. The first-order valence-electron chi connectivity index (χ1n) is 5.26. The molecule has 0 bridgehead atoms. The van der Waals surface area contributed by atoms with Crippen molar-refractivity contribution in [2.75, 3.05) is 0 Å². The van der Waals surface area contributed by atoms with Crippen LogP contribution in [0.5, 0.6) is 5.88 Å². The van der Waals surface area contributed by atoms with Crippen LogP contribution in [0.3, 0.4) is 0 Å². The highest BCUT2D eigenvalue weighted by Crippen LogP contribution is 2.15. The van der Waals surface area contributed by atoms with Crippen LogP contribution in [-0.2, 0) is 0 Å². The van der Waals surface area contributed by atoms with Gasteiger partial charge in [-0.2, -0.15) is 0 Å². The van der Waals surface area contributed by atoms with Crippen molar-refractivity contribution in [3.8, 4) is 11.6 Å². The maximum atomic E-state index is 11.8. The lowest BCUT2D eigenvalue weighted by Gasteiger charge is -2.03. The topological polar surface area (TPSA) is 52.7 Å². The van der Waals surface area contributed by atoms with Gasteiger partial charge >= 0.3 is 0 Å². The van der Waals surface area contributed by atoms with E-state index in [0.717, 1.165) is 5.69 Å². The molecule has 1 heterocycles. The van der Waals surface area contributed by atoms with Gasteiger partial charge in [-0.15, -0.1) is 0 Å². The zero-order chi connectivity index (χ0) is 11.7. The Kier molecular flexibility index (Phi) is 2.19. The van der Waals surface area contributed by atoms with E-state index in [0.29, 0.717) is 10.9 Å². The van der Waals surface area contributed by atoms with Crippen LogP contribution >= 0.6 is 0 Å². The average molecular weight is 223 g/mol. The van der Waals surface area contributed by atoms with E-state index in [2.05, 4.69) is 10.2 Å². The van der Waals surface area contributed by atoms with Gasteiger partial charge in [0, 0.05) is 27.7 Å². The Labute approximate surface area is 97.8 Å². The van der Waals surface area contributed by atoms with Crippen molar-refractivity contribution in [1.29, 1.82) is 0 Å². The van der Waals surface area contributed by atoms with Gasteiger partial charge in [-0.25, -0.2) is 0 Å². The van der Waals surface area contributed by atoms with Gasteiger partial charge in [0.25, 0.3) is 5.69 Å². The van der Waals surface area contributed by atoms with Crippen molar-refractivity contribution in [3.05, 3.63) is 54.6 Å². The minimum atomic E-state index is -0.264. The quantitative estimate of drug-likeness (QED) is 0.578. The van der Waals surface area contributed by atoms with Crippen molar-refractivity contribution < 1.29 is 9.90 Å². The van der Waals surface area contributed by atoms with Crippen LogP contribution < -0.4 is 9.90 Å². The van der Waals surface area contributed by atoms with E-state index in [1.807, 2.05) is 36.4 Å². The summed E-state index contributed by atoms with van der Waals surface area (Å²) in [5, 5.41) is 20.6. The molecule has 0 aliphatic carbocycles. The lowest BCUT2D eigenvalue weighted by molar-refractivity contribution is -0.720. The second kappa shape index (κ2) is 3.83. The summed E-state index contributed by atoms with van der Waals surface area (Å²) in [5.41, 5.74) is 1.42. The number of para-hydroxylation sites is 1. The zero-order valence-corrected chi connectivity index (χ0v) is 8.95. The van der Waals surface area contributed by atoms with E-state index in [1.54, 1.807) is 18.2 Å². The number of rotatable bonds is 1. The predicted octanol–water partition coefficient (Wildman–Crippen LogP) is 0.980. The summed E-state index contributed by atoms with van der Waals surface area (Å²) in [6.07, 6.45) is 0. The van der Waals surface area contributed by atoms with E-state index in [1.165, 1.54) is 4.80 Å². The van der Waals surface area contributed by atoms with E-state index in [-0.39, 0.29) is 5.88 Å². The van der Waals surface area contributed by atoms with Gasteiger partial charge in [-0.05, 0) is 6.07 Å². The summed E-state index contributed by atoms with van der Waals surface area (Å²) in [6, 6.07) is 16.6. The van der Waals surface area contributed by atoms with E-state index in [9.17, 15) is 5.11 Å². The van der Waals surface area contributed by atoms with Crippen molar-refractivity contribution in [2.45, 2.75) is 0 Å². The second-order valence-corrected chi connectivity index (χ2v) is 3.65. The molecule has 0 spiro atoms. The van der Waals surface area contributed by atoms with Crippen molar-refractivity contribution in [3.63, 3.8) is 0 Å². The van der Waals surface area contributed by atoms with Gasteiger partial charge in [-0.3, -0.25) is 0 Å². The average Bonchev–Trinajstić information content (AvgIpc) is 2.40. The third kappa shape index (κ3) is 1.69. The largest absolute Gasteiger partial charge is 0.854 e. The Bertz CT molecular complexity index is 668. The van der Waals surface area contributed by atoms with Gasteiger partial charge in [-0.1, -0.05) is 36.4 Å². The standard InChI is InChI=1S/C13H9N3O/c17-13-11-8-4-5-9-12(11)14-16(15-13)10-6-2-1-3-7-10/h1-9H. The van der Waals surface area contributed by atoms with Crippen LogP contribution in [0.4, 0.5) is 0 Å². The van der Waals surface area contributed by atoms with E-state index >= 15 is 0 Å². The molecule has 0 amide bonds. The Hall–Kier alpha value is -2.49. The highest BCUT2D eigenvalue weighted by atomic mass is 16.3. The van der Waals surface area contributed by atoms with Crippen molar-refractivity contribution in [2.24, 2.45) is 0 Å². The van der Waals surface area contributed by atoms with E-state index < -0.39 is 0 Å². The Morgan fingerprint density at radius 1 is 0.824 bits per heavy atom. The summed E-state index contributed by atoms with van der Waals surface area (Å²) >= 11 is 0. The van der Waals surface area contributed by atoms with Gasteiger partial charge in [0.2, 0.25) is 0 Å². The fourth-order valence-electron chi connectivity index (χ4n) is 1.68. The molecule has 0 fully saturated rings. The van der Waals surface area contributed by atoms with Crippen LogP contribution in [0.25, 0.3) is 16.6 Å². The predicted molar refractivity (Wildman–Crippen MR) is 60.5 cm³/mol. The zero-order valence-electron chi connectivity index (χ0n) is 8.95. The van der Waals surface area contributed by atoms with Gasteiger partial charge in [0.15, 0.2) is 0 Å². The van der Waals surface area contributed by atoms with Crippen molar-refractivity contribution >= 4 is 10.9 Å². The Morgan fingerprint density at radius 3 is 2.35 bits per heavy atom. The molecule has 0 saturated heterocycles. The number of nitrogens with zero attached hydrogens (tertiary/aromatic N) is 3. The molecule has 4 heteroatoms.